The minimum atomic E-state index is -3.82. The topological polar surface area (TPSA) is 117 Å². The van der Waals surface area contributed by atoms with E-state index in [2.05, 4.69) is 15.0 Å². The number of nitrogens with one attached hydrogen (secondary N) is 2. The van der Waals surface area contributed by atoms with E-state index in [1.54, 1.807) is 19.1 Å². The number of aliphatic carboxylic acids is 1. The predicted octanol–water partition coefficient (Wildman–Crippen LogP) is 0.618. The first-order valence-corrected chi connectivity index (χ1v) is 7.69. The molecule has 1 aromatic rings. The zero-order chi connectivity index (χ0) is 15.6. The van der Waals surface area contributed by atoms with E-state index in [-0.39, 0.29) is 10.9 Å². The molecule has 1 heterocycles. The Morgan fingerprint density at radius 2 is 2.19 bits per heavy atom. The molecule has 0 saturated heterocycles. The summed E-state index contributed by atoms with van der Waals surface area (Å²) >= 11 is 0. The first-order valence-electron chi connectivity index (χ1n) is 6.21. The minimum Gasteiger partial charge on any atom is -0.494 e. The Morgan fingerprint density at radius 1 is 1.48 bits per heavy atom. The summed E-state index contributed by atoms with van der Waals surface area (Å²) in [6.07, 6.45) is 0. The largest absolute Gasteiger partial charge is 0.494 e. The quantitative estimate of drug-likeness (QED) is 0.750. The van der Waals surface area contributed by atoms with Crippen molar-refractivity contribution in [1.29, 1.82) is 0 Å². The lowest BCUT2D eigenvalue weighted by Crippen LogP contribution is -2.41. The predicted molar refractivity (Wildman–Crippen MR) is 76.1 cm³/mol. The van der Waals surface area contributed by atoms with Gasteiger partial charge in [0, 0.05) is 6.07 Å². The lowest BCUT2D eigenvalue weighted by molar-refractivity contribution is -0.137. The number of anilines is 1. The van der Waals surface area contributed by atoms with Crippen molar-refractivity contribution < 1.29 is 23.1 Å². The number of hydrogen-bond acceptors (Lipinski definition) is 5. The maximum Gasteiger partial charge on any atom is 0.328 e. The molecule has 3 N–H and O–H groups in total. The van der Waals surface area contributed by atoms with Gasteiger partial charge in [-0.25, -0.2) is 22.9 Å². The lowest BCUT2D eigenvalue weighted by atomic mass is 10.3. The normalized spacial score (nSPS) is 19.0. The number of carboxylic acids is 1. The second kappa shape index (κ2) is 5.60. The first kappa shape index (κ1) is 15.1. The highest BCUT2D eigenvalue weighted by molar-refractivity contribution is 7.90. The van der Waals surface area contributed by atoms with Gasteiger partial charge in [0.25, 0.3) is 10.0 Å². The Kier molecular flexibility index (Phi) is 4.03. The lowest BCUT2D eigenvalue weighted by Gasteiger charge is -2.22. The SMILES string of the molecule is CCOc1ccc2c(c1)S(=O)(=O)NC(=NC(C)C(=O)O)N2. The highest BCUT2D eigenvalue weighted by Gasteiger charge is 2.28. The number of fused-ring (bicyclic) bond motifs is 1. The number of hydrogen-bond donors (Lipinski definition) is 3. The third-order valence-electron chi connectivity index (χ3n) is 2.72. The van der Waals surface area contributed by atoms with Gasteiger partial charge < -0.3 is 15.2 Å². The molecule has 0 spiro atoms. The van der Waals surface area contributed by atoms with E-state index in [9.17, 15) is 13.2 Å². The number of carboxylic acid groups (broad SMARTS) is 1. The fraction of sp³-hybridized carbons (Fsp3) is 0.333. The van der Waals surface area contributed by atoms with Gasteiger partial charge in [0.1, 0.15) is 16.7 Å². The Labute approximate surface area is 121 Å². The summed E-state index contributed by atoms with van der Waals surface area (Å²) in [5.41, 5.74) is 0.313. The molecule has 0 aromatic heterocycles. The maximum atomic E-state index is 12.2. The van der Waals surface area contributed by atoms with Crippen LogP contribution in [0, 0.1) is 0 Å². The summed E-state index contributed by atoms with van der Waals surface area (Å²) in [5, 5.41) is 11.6. The highest BCUT2D eigenvalue weighted by Crippen LogP contribution is 2.28. The summed E-state index contributed by atoms with van der Waals surface area (Å²) in [4.78, 5) is 14.6. The zero-order valence-electron chi connectivity index (χ0n) is 11.5. The average Bonchev–Trinajstić information content (AvgIpc) is 2.39. The molecule has 0 aliphatic carbocycles. The molecule has 0 bridgehead atoms. The molecule has 9 heteroatoms. The summed E-state index contributed by atoms with van der Waals surface area (Å²) in [5.74, 6) is -0.842. The van der Waals surface area contributed by atoms with E-state index >= 15 is 0 Å². The van der Waals surface area contributed by atoms with Gasteiger partial charge in [0.05, 0.1) is 12.3 Å². The fourth-order valence-electron chi connectivity index (χ4n) is 1.73. The van der Waals surface area contributed by atoms with Crippen LogP contribution in [0.4, 0.5) is 5.69 Å². The molecule has 0 fully saturated rings. The highest BCUT2D eigenvalue weighted by atomic mass is 32.2. The van der Waals surface area contributed by atoms with Crippen molar-refractivity contribution in [2.75, 3.05) is 11.9 Å². The second-order valence-electron chi connectivity index (χ2n) is 4.31. The fourth-order valence-corrected chi connectivity index (χ4v) is 2.88. The molecule has 114 valence electrons. The minimum absolute atomic E-state index is 0.0235. The maximum absolute atomic E-state index is 12.2. The smallest absolute Gasteiger partial charge is 0.328 e. The van der Waals surface area contributed by atoms with Crippen molar-refractivity contribution in [2.45, 2.75) is 24.8 Å². The van der Waals surface area contributed by atoms with Gasteiger partial charge in [0.2, 0.25) is 5.96 Å². The third-order valence-corrected chi connectivity index (χ3v) is 4.10. The Bertz CT molecular complexity index is 699. The van der Waals surface area contributed by atoms with Crippen molar-refractivity contribution in [3.63, 3.8) is 0 Å². The number of guanidine groups is 1. The van der Waals surface area contributed by atoms with E-state index in [0.717, 1.165) is 0 Å². The van der Waals surface area contributed by atoms with E-state index < -0.39 is 22.0 Å². The number of aliphatic imine (C=N–C) groups is 1. The Morgan fingerprint density at radius 3 is 2.81 bits per heavy atom. The molecule has 1 aromatic carbocycles. The van der Waals surface area contributed by atoms with E-state index in [1.807, 2.05) is 0 Å². The van der Waals surface area contributed by atoms with Gasteiger partial charge in [-0.3, -0.25) is 0 Å². The molecular formula is C12H15N3O5S. The van der Waals surface area contributed by atoms with Crippen LogP contribution in [0.2, 0.25) is 0 Å². The molecule has 8 nitrogen and oxygen atoms in total. The van der Waals surface area contributed by atoms with Gasteiger partial charge >= 0.3 is 5.97 Å². The van der Waals surface area contributed by atoms with Crippen LogP contribution in [0.25, 0.3) is 0 Å². The van der Waals surface area contributed by atoms with Crippen LogP contribution >= 0.6 is 0 Å². The average molecular weight is 313 g/mol. The molecule has 1 aliphatic rings. The molecule has 0 radical (unpaired) electrons. The van der Waals surface area contributed by atoms with Gasteiger partial charge in [-0.05, 0) is 26.0 Å². The van der Waals surface area contributed by atoms with Crippen LogP contribution in [-0.2, 0) is 14.8 Å². The second-order valence-corrected chi connectivity index (χ2v) is 5.96. The van der Waals surface area contributed by atoms with Crippen LogP contribution < -0.4 is 14.8 Å². The van der Waals surface area contributed by atoms with Crippen LogP contribution in [0.5, 0.6) is 5.75 Å². The Hall–Kier alpha value is -2.29. The monoisotopic (exact) mass is 313 g/mol. The molecule has 2 rings (SSSR count). The van der Waals surface area contributed by atoms with Crippen molar-refractivity contribution >= 4 is 27.6 Å². The van der Waals surface area contributed by atoms with Crippen molar-refractivity contribution in [3.05, 3.63) is 18.2 Å². The van der Waals surface area contributed by atoms with Crippen LogP contribution in [0.15, 0.2) is 28.1 Å². The molecule has 0 saturated carbocycles. The van der Waals surface area contributed by atoms with Gasteiger partial charge in [0.15, 0.2) is 0 Å². The first-order chi connectivity index (χ1) is 9.83. The molecular weight excluding hydrogens is 298 g/mol. The number of rotatable bonds is 4. The van der Waals surface area contributed by atoms with Gasteiger partial charge in [-0.15, -0.1) is 0 Å². The molecule has 0 amide bonds. The van der Waals surface area contributed by atoms with E-state index in [4.69, 9.17) is 9.84 Å². The van der Waals surface area contributed by atoms with Crippen molar-refractivity contribution in [2.24, 2.45) is 4.99 Å². The molecule has 1 unspecified atom stereocenters. The zero-order valence-corrected chi connectivity index (χ0v) is 12.3. The molecule has 21 heavy (non-hydrogen) atoms. The Balaban J connectivity index is 2.40. The number of sulfonamides is 1. The summed E-state index contributed by atoms with van der Waals surface area (Å²) in [7, 11) is -3.82. The number of carbonyl (C=O) groups is 1. The van der Waals surface area contributed by atoms with E-state index in [0.29, 0.717) is 18.0 Å². The van der Waals surface area contributed by atoms with Crippen molar-refractivity contribution in [1.82, 2.24) is 4.72 Å². The van der Waals surface area contributed by atoms with Crippen LogP contribution in [0.1, 0.15) is 13.8 Å². The summed E-state index contributed by atoms with van der Waals surface area (Å²) in [6.45, 7) is 3.56. The summed E-state index contributed by atoms with van der Waals surface area (Å²) < 4.78 is 31.8. The number of nitrogens with zero attached hydrogens (tertiary/aromatic N) is 1. The standard InChI is InChI=1S/C12H15N3O5S/c1-3-20-8-4-5-9-10(6-8)21(18,19)15-12(14-9)13-7(2)11(16)17/h4-7H,3H2,1-2H3,(H,16,17)(H2,13,14,15). The summed E-state index contributed by atoms with van der Waals surface area (Å²) in [6, 6.07) is 3.49. The van der Waals surface area contributed by atoms with Gasteiger partial charge in [-0.1, -0.05) is 0 Å². The third kappa shape index (κ3) is 3.24. The van der Waals surface area contributed by atoms with Crippen LogP contribution in [-0.4, -0.2) is 38.1 Å². The molecule has 1 atom stereocenters. The molecule has 1 aliphatic heterocycles. The van der Waals surface area contributed by atoms with Gasteiger partial charge in [-0.2, -0.15) is 0 Å². The van der Waals surface area contributed by atoms with Crippen molar-refractivity contribution in [3.8, 4) is 5.75 Å². The van der Waals surface area contributed by atoms with E-state index in [1.165, 1.54) is 13.0 Å². The van der Waals surface area contributed by atoms with Crippen LogP contribution in [0.3, 0.4) is 0 Å². The number of ether oxygens (including phenoxy) is 1. The number of benzene rings is 1.